The number of nitrogens with two attached hydrogens (primary N) is 1. The van der Waals surface area contributed by atoms with Gasteiger partial charge in [-0.2, -0.15) is 9.61 Å². The van der Waals surface area contributed by atoms with Crippen molar-refractivity contribution in [3.8, 4) is 11.3 Å². The quantitative estimate of drug-likeness (QED) is 0.305. The maximum absolute atomic E-state index is 6.01. The zero-order chi connectivity index (χ0) is 23.2. The summed E-state index contributed by atoms with van der Waals surface area (Å²) in [6.07, 6.45) is 6.24. The standard InChI is InChI=1S/C28H28N6/c1-17(2)24-16-32-34-26(14-25(18-7-8-18)33-28(24)34)31-15-20-5-3-4-6-22(20)27-23-10-9-21(29)13-19(23)11-12-30-27/h3-6,9-14,16-18,31H,7-8,15,29H2,1-2H3. The second kappa shape index (κ2) is 8.13. The van der Waals surface area contributed by atoms with Crippen molar-refractivity contribution in [2.45, 2.75) is 45.1 Å². The van der Waals surface area contributed by atoms with E-state index in [0.29, 0.717) is 18.4 Å². The number of nitrogens with one attached hydrogen (secondary N) is 1. The van der Waals surface area contributed by atoms with Gasteiger partial charge in [-0.25, -0.2) is 4.98 Å². The molecule has 0 amide bonds. The van der Waals surface area contributed by atoms with Gasteiger partial charge in [0.15, 0.2) is 5.65 Å². The van der Waals surface area contributed by atoms with Gasteiger partial charge in [0.05, 0.1) is 11.9 Å². The van der Waals surface area contributed by atoms with Crippen LogP contribution >= 0.6 is 0 Å². The molecule has 0 atom stereocenters. The van der Waals surface area contributed by atoms with Gasteiger partial charge in [-0.3, -0.25) is 4.98 Å². The first-order chi connectivity index (χ1) is 16.6. The van der Waals surface area contributed by atoms with Crippen LogP contribution in [-0.4, -0.2) is 19.6 Å². The Labute approximate surface area is 198 Å². The Hall–Kier alpha value is -3.93. The molecule has 1 saturated carbocycles. The van der Waals surface area contributed by atoms with Crippen molar-refractivity contribution in [2.24, 2.45) is 0 Å². The molecule has 34 heavy (non-hydrogen) atoms. The number of fused-ring (bicyclic) bond motifs is 2. The number of hydrogen-bond donors (Lipinski definition) is 2. The van der Waals surface area contributed by atoms with E-state index in [4.69, 9.17) is 15.7 Å². The van der Waals surface area contributed by atoms with E-state index >= 15 is 0 Å². The van der Waals surface area contributed by atoms with Crippen LogP contribution in [0.5, 0.6) is 0 Å². The maximum Gasteiger partial charge on any atom is 0.161 e. The van der Waals surface area contributed by atoms with Gasteiger partial charge in [0, 0.05) is 52.6 Å². The van der Waals surface area contributed by atoms with Crippen molar-refractivity contribution >= 4 is 27.9 Å². The summed E-state index contributed by atoms with van der Waals surface area (Å²) in [5.74, 6) is 1.92. The van der Waals surface area contributed by atoms with Crippen molar-refractivity contribution < 1.29 is 0 Å². The third kappa shape index (κ3) is 3.65. The summed E-state index contributed by atoms with van der Waals surface area (Å²) < 4.78 is 1.95. The molecule has 3 aromatic heterocycles. The molecule has 1 fully saturated rings. The van der Waals surface area contributed by atoms with Crippen LogP contribution in [0.1, 0.15) is 55.3 Å². The summed E-state index contributed by atoms with van der Waals surface area (Å²) in [6.45, 7) is 5.04. The minimum Gasteiger partial charge on any atom is -0.399 e. The number of benzene rings is 2. The SMILES string of the molecule is CC(C)c1cnn2c(NCc3ccccc3-c3nccc4cc(N)ccc34)cc(C3CC3)nc12. The van der Waals surface area contributed by atoms with Crippen LogP contribution in [-0.2, 0) is 6.54 Å². The lowest BCUT2D eigenvalue weighted by atomic mass is 9.99. The summed E-state index contributed by atoms with van der Waals surface area (Å²) >= 11 is 0. The average molecular weight is 449 g/mol. The topological polar surface area (TPSA) is 81.1 Å². The van der Waals surface area contributed by atoms with Crippen molar-refractivity contribution in [2.75, 3.05) is 11.1 Å². The number of nitrogen functional groups attached to an aromatic ring is 1. The first-order valence-electron chi connectivity index (χ1n) is 11.9. The van der Waals surface area contributed by atoms with Crippen LogP contribution in [0.2, 0.25) is 0 Å². The smallest absolute Gasteiger partial charge is 0.161 e. The molecule has 2 aromatic carbocycles. The summed E-state index contributed by atoms with van der Waals surface area (Å²) in [5, 5.41) is 10.5. The molecule has 6 rings (SSSR count). The van der Waals surface area contributed by atoms with Gasteiger partial charge in [-0.1, -0.05) is 44.2 Å². The number of anilines is 2. The molecule has 0 unspecified atom stereocenters. The van der Waals surface area contributed by atoms with Crippen LogP contribution in [0.25, 0.3) is 27.7 Å². The molecule has 6 heteroatoms. The Balaban J connectivity index is 1.39. The largest absolute Gasteiger partial charge is 0.399 e. The van der Waals surface area contributed by atoms with E-state index in [1.165, 1.54) is 29.7 Å². The van der Waals surface area contributed by atoms with Crippen LogP contribution in [0.4, 0.5) is 11.5 Å². The molecule has 0 radical (unpaired) electrons. The fraction of sp³-hybridized carbons (Fsp3) is 0.250. The van der Waals surface area contributed by atoms with Crippen LogP contribution in [0.15, 0.2) is 67.0 Å². The summed E-state index contributed by atoms with van der Waals surface area (Å²) in [5.41, 5.74) is 13.3. The highest BCUT2D eigenvalue weighted by molar-refractivity contribution is 5.96. The number of pyridine rings is 1. The van der Waals surface area contributed by atoms with Crippen molar-refractivity contribution in [1.29, 1.82) is 0 Å². The molecular weight excluding hydrogens is 420 g/mol. The molecule has 1 aliphatic rings. The molecule has 5 aromatic rings. The summed E-state index contributed by atoms with van der Waals surface area (Å²) in [7, 11) is 0. The van der Waals surface area contributed by atoms with Gasteiger partial charge in [0.1, 0.15) is 5.82 Å². The molecule has 0 saturated heterocycles. The first kappa shape index (κ1) is 20.7. The van der Waals surface area contributed by atoms with E-state index in [1.807, 2.05) is 35.1 Å². The molecule has 3 heterocycles. The lowest BCUT2D eigenvalue weighted by Crippen LogP contribution is -2.09. The van der Waals surface area contributed by atoms with Gasteiger partial charge in [0.25, 0.3) is 0 Å². The molecule has 0 bridgehead atoms. The highest BCUT2D eigenvalue weighted by atomic mass is 15.3. The highest BCUT2D eigenvalue weighted by Crippen LogP contribution is 2.40. The van der Waals surface area contributed by atoms with Crippen molar-refractivity contribution in [3.63, 3.8) is 0 Å². The van der Waals surface area contributed by atoms with Crippen molar-refractivity contribution in [1.82, 2.24) is 19.6 Å². The van der Waals surface area contributed by atoms with E-state index in [9.17, 15) is 0 Å². The Kier molecular flexibility index (Phi) is 4.94. The predicted octanol–water partition coefficient (Wildman–Crippen LogP) is 6.14. The molecule has 0 aliphatic heterocycles. The molecule has 6 nitrogen and oxygen atoms in total. The zero-order valence-electron chi connectivity index (χ0n) is 19.5. The number of hydrogen-bond acceptors (Lipinski definition) is 5. The third-order valence-corrected chi connectivity index (χ3v) is 6.66. The Morgan fingerprint density at radius 2 is 1.94 bits per heavy atom. The van der Waals surface area contributed by atoms with E-state index in [2.05, 4.69) is 60.7 Å². The van der Waals surface area contributed by atoms with Crippen LogP contribution in [0, 0.1) is 0 Å². The van der Waals surface area contributed by atoms with E-state index in [0.717, 1.165) is 39.2 Å². The summed E-state index contributed by atoms with van der Waals surface area (Å²) in [4.78, 5) is 9.73. The van der Waals surface area contributed by atoms with E-state index in [1.54, 1.807) is 0 Å². The number of nitrogens with zero attached hydrogens (tertiary/aromatic N) is 4. The number of rotatable bonds is 6. The fourth-order valence-corrected chi connectivity index (χ4v) is 4.62. The van der Waals surface area contributed by atoms with E-state index < -0.39 is 0 Å². The van der Waals surface area contributed by atoms with Gasteiger partial charge in [-0.05, 0) is 47.9 Å². The molecule has 3 N–H and O–H groups in total. The molecule has 170 valence electrons. The van der Waals surface area contributed by atoms with Gasteiger partial charge in [0.2, 0.25) is 0 Å². The first-order valence-corrected chi connectivity index (χ1v) is 11.9. The van der Waals surface area contributed by atoms with Crippen molar-refractivity contribution in [3.05, 3.63) is 83.8 Å². The molecule has 0 spiro atoms. The normalized spacial score (nSPS) is 13.7. The second-order valence-corrected chi connectivity index (χ2v) is 9.48. The van der Waals surface area contributed by atoms with E-state index in [-0.39, 0.29) is 0 Å². The Morgan fingerprint density at radius 3 is 2.76 bits per heavy atom. The van der Waals surface area contributed by atoms with Gasteiger partial charge < -0.3 is 11.1 Å². The van der Waals surface area contributed by atoms with Gasteiger partial charge in [-0.15, -0.1) is 0 Å². The average Bonchev–Trinajstić information content (AvgIpc) is 3.60. The highest BCUT2D eigenvalue weighted by Gasteiger charge is 2.27. The predicted molar refractivity (Wildman–Crippen MR) is 138 cm³/mol. The molecular formula is C28H28N6. The third-order valence-electron chi connectivity index (χ3n) is 6.66. The zero-order valence-corrected chi connectivity index (χ0v) is 19.5. The monoisotopic (exact) mass is 448 g/mol. The minimum absolute atomic E-state index is 0.375. The number of aromatic nitrogens is 4. The maximum atomic E-state index is 6.01. The van der Waals surface area contributed by atoms with Crippen LogP contribution in [0.3, 0.4) is 0 Å². The molecule has 1 aliphatic carbocycles. The fourth-order valence-electron chi connectivity index (χ4n) is 4.62. The Morgan fingerprint density at radius 1 is 1.09 bits per heavy atom. The Bertz CT molecular complexity index is 1510. The summed E-state index contributed by atoms with van der Waals surface area (Å²) in [6, 6.07) is 18.6. The lowest BCUT2D eigenvalue weighted by molar-refractivity contribution is 0.866. The minimum atomic E-state index is 0.375. The van der Waals surface area contributed by atoms with Gasteiger partial charge >= 0.3 is 0 Å². The lowest BCUT2D eigenvalue weighted by Gasteiger charge is -2.15. The second-order valence-electron chi connectivity index (χ2n) is 9.48. The van der Waals surface area contributed by atoms with Crippen LogP contribution < -0.4 is 11.1 Å².